The molecule has 0 bridgehead atoms. The van der Waals surface area contributed by atoms with Gasteiger partial charge in [0.25, 0.3) is 0 Å². The molecular weight excluding hydrogens is 181 g/mol. The lowest BCUT2D eigenvalue weighted by Gasteiger charge is -2.19. The van der Waals surface area contributed by atoms with E-state index in [-0.39, 0.29) is 11.7 Å². The third-order valence-electron chi connectivity index (χ3n) is 1.98. The third kappa shape index (κ3) is 2.73. The maximum atomic E-state index is 13.2. The molecule has 0 saturated carbocycles. The van der Waals surface area contributed by atoms with Crippen molar-refractivity contribution in [2.75, 3.05) is 18.5 Å². The molecule has 1 rings (SSSR count). The Balaban J connectivity index is 2.65. The zero-order chi connectivity index (χ0) is 10.6. The Morgan fingerprint density at radius 2 is 2.14 bits per heavy atom. The minimum atomic E-state index is -0.251. The summed E-state index contributed by atoms with van der Waals surface area (Å²) in [6.07, 6.45) is 0.449. The van der Waals surface area contributed by atoms with E-state index in [1.54, 1.807) is 30.1 Å². The van der Waals surface area contributed by atoms with Crippen LogP contribution in [-0.4, -0.2) is 19.4 Å². The largest absolute Gasteiger partial charge is 0.388 e. The van der Waals surface area contributed by atoms with Crippen LogP contribution in [0.25, 0.3) is 0 Å². The fraction of sp³-hybridized carbons (Fsp3) is 0.300. The van der Waals surface area contributed by atoms with Crippen molar-refractivity contribution in [3.63, 3.8) is 0 Å². The maximum absolute atomic E-state index is 13.2. The molecule has 0 heterocycles. The number of rotatable bonds is 4. The maximum Gasteiger partial charge on any atom is 0.146 e. The lowest BCUT2D eigenvalue weighted by atomic mass is 10.2. The number of nitrogens with two attached hydrogens (primary N) is 1. The highest BCUT2D eigenvalue weighted by Gasteiger charge is 2.05. The number of halogens is 1. The Morgan fingerprint density at radius 1 is 1.50 bits per heavy atom. The predicted octanol–water partition coefficient (Wildman–Crippen LogP) is 1.59. The molecule has 0 unspecified atom stereocenters. The van der Waals surface area contributed by atoms with Crippen molar-refractivity contribution in [3.05, 3.63) is 30.1 Å². The summed E-state index contributed by atoms with van der Waals surface area (Å²) in [5.41, 5.74) is 5.76. The van der Waals surface area contributed by atoms with Crippen molar-refractivity contribution < 1.29 is 4.39 Å². The van der Waals surface area contributed by atoms with Crippen LogP contribution in [0.4, 0.5) is 10.1 Å². The molecular formula is C10H14FN3. The van der Waals surface area contributed by atoms with Gasteiger partial charge >= 0.3 is 0 Å². The van der Waals surface area contributed by atoms with Crippen molar-refractivity contribution >= 4 is 11.5 Å². The number of para-hydroxylation sites is 1. The number of anilines is 1. The van der Waals surface area contributed by atoms with Crippen molar-refractivity contribution in [1.82, 2.24) is 0 Å². The highest BCUT2D eigenvalue weighted by atomic mass is 19.1. The van der Waals surface area contributed by atoms with E-state index in [9.17, 15) is 4.39 Å². The van der Waals surface area contributed by atoms with E-state index in [1.807, 2.05) is 0 Å². The van der Waals surface area contributed by atoms with Crippen LogP contribution in [0.5, 0.6) is 0 Å². The van der Waals surface area contributed by atoms with Crippen LogP contribution in [0.1, 0.15) is 6.42 Å². The molecule has 3 N–H and O–H groups in total. The average Bonchev–Trinajstić information content (AvgIpc) is 2.15. The average molecular weight is 195 g/mol. The Hall–Kier alpha value is -1.58. The molecule has 0 aromatic heterocycles. The van der Waals surface area contributed by atoms with Crippen molar-refractivity contribution in [2.45, 2.75) is 6.42 Å². The topological polar surface area (TPSA) is 53.1 Å². The monoisotopic (exact) mass is 195 g/mol. The normalized spacial score (nSPS) is 9.86. The number of nitrogens with one attached hydrogen (secondary N) is 1. The van der Waals surface area contributed by atoms with E-state index in [1.165, 1.54) is 6.07 Å². The Kier molecular flexibility index (Phi) is 3.45. The van der Waals surface area contributed by atoms with Gasteiger partial charge in [0.1, 0.15) is 5.82 Å². The summed E-state index contributed by atoms with van der Waals surface area (Å²) in [5.74, 6) is -0.133. The third-order valence-corrected chi connectivity index (χ3v) is 1.98. The molecule has 0 saturated heterocycles. The Labute approximate surface area is 82.8 Å². The van der Waals surface area contributed by atoms with Crippen LogP contribution >= 0.6 is 0 Å². The van der Waals surface area contributed by atoms with Gasteiger partial charge < -0.3 is 10.6 Å². The smallest absolute Gasteiger partial charge is 0.146 e. The molecule has 0 amide bonds. The number of hydrogen-bond acceptors (Lipinski definition) is 2. The summed E-state index contributed by atoms with van der Waals surface area (Å²) < 4.78 is 13.2. The molecule has 76 valence electrons. The van der Waals surface area contributed by atoms with Crippen molar-refractivity contribution in [1.29, 1.82) is 5.41 Å². The molecule has 0 spiro atoms. The highest BCUT2D eigenvalue weighted by Crippen LogP contribution is 2.16. The van der Waals surface area contributed by atoms with Gasteiger partial charge in [-0.1, -0.05) is 12.1 Å². The SMILES string of the molecule is CN(CCC(=N)N)c1ccccc1F. The van der Waals surface area contributed by atoms with Gasteiger partial charge in [-0.2, -0.15) is 0 Å². The van der Waals surface area contributed by atoms with Crippen LogP contribution < -0.4 is 10.6 Å². The molecule has 0 fully saturated rings. The molecule has 0 radical (unpaired) electrons. The predicted molar refractivity (Wildman–Crippen MR) is 56.2 cm³/mol. The fourth-order valence-corrected chi connectivity index (χ4v) is 1.17. The summed E-state index contributed by atoms with van der Waals surface area (Å²) >= 11 is 0. The van der Waals surface area contributed by atoms with Crippen LogP contribution in [0.3, 0.4) is 0 Å². The van der Waals surface area contributed by atoms with Gasteiger partial charge in [-0.05, 0) is 12.1 Å². The zero-order valence-corrected chi connectivity index (χ0v) is 8.13. The second-order valence-electron chi connectivity index (χ2n) is 3.15. The van der Waals surface area contributed by atoms with Crippen LogP contribution in [0.15, 0.2) is 24.3 Å². The van der Waals surface area contributed by atoms with E-state index < -0.39 is 0 Å². The van der Waals surface area contributed by atoms with E-state index >= 15 is 0 Å². The van der Waals surface area contributed by atoms with Gasteiger partial charge in [-0.15, -0.1) is 0 Å². The summed E-state index contributed by atoms with van der Waals surface area (Å²) in [7, 11) is 1.78. The van der Waals surface area contributed by atoms with Crippen LogP contribution in [0, 0.1) is 11.2 Å². The zero-order valence-electron chi connectivity index (χ0n) is 8.13. The minimum absolute atomic E-state index is 0.119. The summed E-state index contributed by atoms with van der Waals surface area (Å²) in [4.78, 5) is 1.75. The van der Waals surface area contributed by atoms with Gasteiger partial charge in [0.15, 0.2) is 0 Å². The van der Waals surface area contributed by atoms with Crippen LogP contribution in [0.2, 0.25) is 0 Å². The van der Waals surface area contributed by atoms with Gasteiger partial charge in [0.2, 0.25) is 0 Å². The number of benzene rings is 1. The molecule has 0 atom stereocenters. The molecule has 4 heteroatoms. The van der Waals surface area contributed by atoms with Crippen LogP contribution in [-0.2, 0) is 0 Å². The molecule has 14 heavy (non-hydrogen) atoms. The van der Waals surface area contributed by atoms with E-state index in [2.05, 4.69) is 0 Å². The molecule has 1 aromatic carbocycles. The lowest BCUT2D eigenvalue weighted by Crippen LogP contribution is -2.24. The number of nitrogens with zero attached hydrogens (tertiary/aromatic N) is 1. The molecule has 0 aliphatic carbocycles. The van der Waals surface area contributed by atoms with Gasteiger partial charge in [-0.25, -0.2) is 4.39 Å². The van der Waals surface area contributed by atoms with Crippen molar-refractivity contribution in [2.24, 2.45) is 5.73 Å². The highest BCUT2D eigenvalue weighted by molar-refractivity contribution is 5.77. The summed E-state index contributed by atoms with van der Waals surface area (Å²) in [5, 5.41) is 7.06. The Bertz CT molecular complexity index is 325. The van der Waals surface area contributed by atoms with Gasteiger partial charge in [-0.3, -0.25) is 5.41 Å². The minimum Gasteiger partial charge on any atom is -0.388 e. The quantitative estimate of drug-likeness (QED) is 0.566. The standard InChI is InChI=1S/C10H14FN3/c1-14(7-6-10(12)13)9-5-3-2-4-8(9)11/h2-5H,6-7H2,1H3,(H3,12,13). The molecule has 3 nitrogen and oxygen atoms in total. The first kappa shape index (κ1) is 10.5. The first-order chi connectivity index (χ1) is 6.61. The lowest BCUT2D eigenvalue weighted by molar-refractivity contribution is 0.623. The second kappa shape index (κ2) is 4.60. The van der Waals surface area contributed by atoms with E-state index in [0.717, 1.165) is 0 Å². The first-order valence-electron chi connectivity index (χ1n) is 4.40. The molecule has 1 aromatic rings. The van der Waals surface area contributed by atoms with Crippen molar-refractivity contribution in [3.8, 4) is 0 Å². The molecule has 0 aliphatic rings. The van der Waals surface area contributed by atoms with E-state index in [4.69, 9.17) is 11.1 Å². The van der Waals surface area contributed by atoms with Gasteiger partial charge in [0.05, 0.1) is 11.5 Å². The molecule has 0 aliphatic heterocycles. The number of hydrogen-bond donors (Lipinski definition) is 2. The number of amidine groups is 1. The summed E-state index contributed by atoms with van der Waals surface area (Å²) in [6, 6.07) is 6.55. The fourth-order valence-electron chi connectivity index (χ4n) is 1.17. The Morgan fingerprint density at radius 3 is 2.71 bits per heavy atom. The second-order valence-corrected chi connectivity index (χ2v) is 3.15. The van der Waals surface area contributed by atoms with E-state index in [0.29, 0.717) is 18.7 Å². The van der Waals surface area contributed by atoms with Gasteiger partial charge in [0, 0.05) is 20.0 Å². The first-order valence-corrected chi connectivity index (χ1v) is 4.40. The summed E-state index contributed by atoms with van der Waals surface area (Å²) in [6.45, 7) is 0.552.